The maximum Gasteiger partial charge on any atom is 0.326 e. The zero-order valence-electron chi connectivity index (χ0n) is 11.7. The van der Waals surface area contributed by atoms with E-state index in [1.807, 2.05) is 12.1 Å². The predicted molar refractivity (Wildman–Crippen MR) is 74.6 cm³/mol. The highest BCUT2D eigenvalue weighted by Crippen LogP contribution is 2.10. The molecular weight excluding hydrogens is 258 g/mol. The van der Waals surface area contributed by atoms with Crippen molar-refractivity contribution in [2.45, 2.75) is 39.2 Å². The number of amides is 1. The van der Waals surface area contributed by atoms with Gasteiger partial charge in [0.15, 0.2) is 5.78 Å². The molecule has 0 aliphatic heterocycles. The molecule has 0 saturated heterocycles. The van der Waals surface area contributed by atoms with Gasteiger partial charge >= 0.3 is 5.97 Å². The molecule has 1 rings (SSSR count). The van der Waals surface area contributed by atoms with Crippen molar-refractivity contribution in [3.8, 4) is 0 Å². The summed E-state index contributed by atoms with van der Waals surface area (Å²) in [4.78, 5) is 33.9. The standard InChI is InChI=1S/C15H19NO4/c1-3-4-11-5-7-12(8-6-11)14(18)9-13(15(19)20)16-10(2)17/h5-8,13H,3-4,9H2,1-2H3,(H,16,17)(H,19,20). The molecule has 0 heterocycles. The zero-order chi connectivity index (χ0) is 15.1. The van der Waals surface area contributed by atoms with Crippen molar-refractivity contribution in [1.82, 2.24) is 5.32 Å². The van der Waals surface area contributed by atoms with E-state index in [4.69, 9.17) is 5.11 Å². The van der Waals surface area contributed by atoms with Gasteiger partial charge in [-0.2, -0.15) is 0 Å². The van der Waals surface area contributed by atoms with Gasteiger partial charge in [0.25, 0.3) is 0 Å². The van der Waals surface area contributed by atoms with Crippen molar-refractivity contribution in [3.63, 3.8) is 0 Å². The van der Waals surface area contributed by atoms with Crippen LogP contribution in [0.5, 0.6) is 0 Å². The number of hydrogen-bond acceptors (Lipinski definition) is 3. The second-order valence-electron chi connectivity index (χ2n) is 4.67. The van der Waals surface area contributed by atoms with Gasteiger partial charge in [0.2, 0.25) is 5.91 Å². The van der Waals surface area contributed by atoms with Crippen molar-refractivity contribution in [3.05, 3.63) is 35.4 Å². The number of aryl methyl sites for hydroxylation is 1. The Hall–Kier alpha value is -2.17. The Labute approximate surface area is 118 Å². The molecular formula is C15H19NO4. The summed E-state index contributed by atoms with van der Waals surface area (Å²) < 4.78 is 0. The smallest absolute Gasteiger partial charge is 0.326 e. The van der Waals surface area contributed by atoms with E-state index in [0.717, 1.165) is 18.4 Å². The molecule has 0 aliphatic rings. The molecule has 5 heteroatoms. The molecule has 1 aromatic rings. The number of ketones is 1. The average molecular weight is 277 g/mol. The van der Waals surface area contributed by atoms with Gasteiger partial charge in [-0.1, -0.05) is 37.6 Å². The Balaban J connectivity index is 2.73. The second kappa shape index (κ2) is 7.43. The highest BCUT2D eigenvalue weighted by atomic mass is 16.4. The van der Waals surface area contributed by atoms with Crippen LogP contribution in [0.4, 0.5) is 0 Å². The molecule has 1 amide bonds. The number of aliphatic carboxylic acids is 1. The van der Waals surface area contributed by atoms with Crippen LogP contribution < -0.4 is 5.32 Å². The Morgan fingerprint density at radius 3 is 2.25 bits per heavy atom. The molecule has 0 aliphatic carbocycles. The van der Waals surface area contributed by atoms with Crippen LogP contribution in [-0.4, -0.2) is 28.8 Å². The van der Waals surface area contributed by atoms with Gasteiger partial charge in [0.1, 0.15) is 6.04 Å². The van der Waals surface area contributed by atoms with Crippen LogP contribution in [0.15, 0.2) is 24.3 Å². The van der Waals surface area contributed by atoms with Gasteiger partial charge in [-0.3, -0.25) is 9.59 Å². The summed E-state index contributed by atoms with van der Waals surface area (Å²) in [5.74, 6) is -1.98. The molecule has 0 fully saturated rings. The van der Waals surface area contributed by atoms with Gasteiger partial charge in [-0.05, 0) is 12.0 Å². The van der Waals surface area contributed by atoms with Gasteiger partial charge in [0.05, 0.1) is 0 Å². The summed E-state index contributed by atoms with van der Waals surface area (Å²) in [6, 6.07) is 5.94. The first-order valence-corrected chi connectivity index (χ1v) is 6.56. The van der Waals surface area contributed by atoms with Crippen LogP contribution in [0.3, 0.4) is 0 Å². The molecule has 108 valence electrons. The summed E-state index contributed by atoms with van der Waals surface area (Å²) in [5, 5.41) is 11.2. The van der Waals surface area contributed by atoms with E-state index < -0.39 is 17.9 Å². The molecule has 0 radical (unpaired) electrons. The topological polar surface area (TPSA) is 83.5 Å². The number of Topliss-reactive ketones (excluding diaryl/α,β-unsaturated/α-hetero) is 1. The van der Waals surface area contributed by atoms with Crippen molar-refractivity contribution >= 4 is 17.7 Å². The summed E-state index contributed by atoms with van der Waals surface area (Å²) in [6.45, 7) is 3.30. The largest absolute Gasteiger partial charge is 0.480 e. The highest BCUT2D eigenvalue weighted by Gasteiger charge is 2.22. The number of carbonyl (C=O) groups excluding carboxylic acids is 2. The first-order valence-electron chi connectivity index (χ1n) is 6.56. The number of hydrogen-bond donors (Lipinski definition) is 2. The molecule has 1 atom stereocenters. The van der Waals surface area contributed by atoms with E-state index in [9.17, 15) is 14.4 Å². The van der Waals surface area contributed by atoms with Crippen molar-refractivity contribution in [2.75, 3.05) is 0 Å². The Bertz CT molecular complexity index is 493. The van der Waals surface area contributed by atoms with Crippen LogP contribution in [0.25, 0.3) is 0 Å². The fraction of sp³-hybridized carbons (Fsp3) is 0.400. The van der Waals surface area contributed by atoms with Gasteiger partial charge in [-0.15, -0.1) is 0 Å². The Kier molecular flexibility index (Phi) is 5.90. The lowest BCUT2D eigenvalue weighted by molar-refractivity contribution is -0.141. The lowest BCUT2D eigenvalue weighted by Gasteiger charge is -2.12. The molecule has 1 aromatic carbocycles. The van der Waals surface area contributed by atoms with Crippen LogP contribution in [0, 0.1) is 0 Å². The quantitative estimate of drug-likeness (QED) is 0.744. The van der Waals surface area contributed by atoms with Crippen molar-refractivity contribution in [2.24, 2.45) is 0 Å². The zero-order valence-corrected chi connectivity index (χ0v) is 11.7. The number of benzene rings is 1. The number of rotatable bonds is 7. The highest BCUT2D eigenvalue weighted by molar-refractivity contribution is 5.99. The summed E-state index contributed by atoms with van der Waals surface area (Å²) in [7, 11) is 0. The predicted octanol–water partition coefficient (Wildman–Crippen LogP) is 1.80. The van der Waals surface area contributed by atoms with Crippen molar-refractivity contribution in [1.29, 1.82) is 0 Å². The Morgan fingerprint density at radius 2 is 1.80 bits per heavy atom. The minimum absolute atomic E-state index is 0.248. The summed E-state index contributed by atoms with van der Waals surface area (Å²) in [5.41, 5.74) is 1.60. The van der Waals surface area contributed by atoms with Crippen LogP contribution >= 0.6 is 0 Å². The molecule has 0 spiro atoms. The number of carboxylic acids is 1. The first kappa shape index (κ1) is 15.9. The molecule has 0 bridgehead atoms. The normalized spacial score (nSPS) is 11.7. The monoisotopic (exact) mass is 277 g/mol. The lowest BCUT2D eigenvalue weighted by Crippen LogP contribution is -2.41. The second-order valence-corrected chi connectivity index (χ2v) is 4.67. The summed E-state index contributed by atoms with van der Waals surface area (Å²) >= 11 is 0. The average Bonchev–Trinajstić information content (AvgIpc) is 2.38. The number of carboxylic acid groups (broad SMARTS) is 1. The molecule has 0 saturated carbocycles. The molecule has 5 nitrogen and oxygen atoms in total. The van der Waals surface area contributed by atoms with E-state index in [1.165, 1.54) is 6.92 Å². The number of nitrogens with one attached hydrogen (secondary N) is 1. The number of carbonyl (C=O) groups is 3. The van der Waals surface area contributed by atoms with Gasteiger partial charge in [0, 0.05) is 18.9 Å². The van der Waals surface area contributed by atoms with Crippen LogP contribution in [0.1, 0.15) is 42.6 Å². The molecule has 2 N–H and O–H groups in total. The third-order valence-corrected chi connectivity index (χ3v) is 2.88. The maximum atomic E-state index is 12.0. The van der Waals surface area contributed by atoms with Gasteiger partial charge in [-0.25, -0.2) is 4.79 Å². The van der Waals surface area contributed by atoms with E-state index in [1.54, 1.807) is 12.1 Å². The van der Waals surface area contributed by atoms with E-state index in [-0.39, 0.29) is 12.2 Å². The third-order valence-electron chi connectivity index (χ3n) is 2.88. The molecule has 20 heavy (non-hydrogen) atoms. The van der Waals surface area contributed by atoms with Crippen molar-refractivity contribution < 1.29 is 19.5 Å². The minimum atomic E-state index is -1.21. The lowest BCUT2D eigenvalue weighted by atomic mass is 10.0. The third kappa shape index (κ3) is 4.84. The van der Waals surface area contributed by atoms with E-state index in [0.29, 0.717) is 5.56 Å². The van der Waals surface area contributed by atoms with E-state index >= 15 is 0 Å². The van der Waals surface area contributed by atoms with Gasteiger partial charge < -0.3 is 10.4 Å². The Morgan fingerprint density at radius 1 is 1.20 bits per heavy atom. The SMILES string of the molecule is CCCc1ccc(C(=O)CC(NC(C)=O)C(=O)O)cc1. The molecule has 0 aromatic heterocycles. The fourth-order valence-electron chi connectivity index (χ4n) is 1.89. The minimum Gasteiger partial charge on any atom is -0.480 e. The van der Waals surface area contributed by atoms with Crippen LogP contribution in [0.2, 0.25) is 0 Å². The summed E-state index contributed by atoms with van der Waals surface area (Å²) in [6.07, 6.45) is 1.72. The fourth-order valence-corrected chi connectivity index (χ4v) is 1.89. The first-order chi connectivity index (χ1) is 9.43. The van der Waals surface area contributed by atoms with E-state index in [2.05, 4.69) is 12.2 Å². The van der Waals surface area contributed by atoms with Crippen LogP contribution in [-0.2, 0) is 16.0 Å². The molecule has 1 unspecified atom stereocenters. The maximum absolute atomic E-state index is 12.0.